The third kappa shape index (κ3) is 3.71. The Hall–Kier alpha value is -1.08. The summed E-state index contributed by atoms with van der Waals surface area (Å²) in [5.41, 5.74) is 0. The largest absolute Gasteiger partial charge is 0.360 e. The fourth-order valence-corrected chi connectivity index (χ4v) is 2.90. The van der Waals surface area contributed by atoms with Gasteiger partial charge < -0.3 is 5.32 Å². The summed E-state index contributed by atoms with van der Waals surface area (Å²) >= 11 is 3.35. The number of hydrogen-bond donors (Lipinski definition) is 1. The number of rotatable bonds is 6. The minimum Gasteiger partial charge on any atom is -0.360 e. The molecular formula is C10H15N5S2. The quantitative estimate of drug-likeness (QED) is 0.816. The van der Waals surface area contributed by atoms with Gasteiger partial charge in [0.25, 0.3) is 0 Å². The molecule has 0 amide bonds. The molecule has 5 nitrogen and oxygen atoms in total. The lowest BCUT2D eigenvalue weighted by molar-refractivity contribution is 0.766. The van der Waals surface area contributed by atoms with Crippen molar-refractivity contribution in [2.75, 3.05) is 11.9 Å². The SMILES string of the molecule is CCCNc1nnc(CSc2cnn(C)c2)s1. The van der Waals surface area contributed by atoms with Crippen LogP contribution in [-0.2, 0) is 12.8 Å². The number of aryl methyl sites for hydroxylation is 1. The summed E-state index contributed by atoms with van der Waals surface area (Å²) in [4.78, 5) is 1.16. The molecule has 17 heavy (non-hydrogen) atoms. The lowest BCUT2D eigenvalue weighted by atomic mass is 10.5. The Labute approximate surface area is 109 Å². The van der Waals surface area contributed by atoms with Crippen molar-refractivity contribution >= 4 is 28.2 Å². The summed E-state index contributed by atoms with van der Waals surface area (Å²) in [6, 6.07) is 0. The lowest BCUT2D eigenvalue weighted by Gasteiger charge is -1.95. The third-order valence-corrected chi connectivity index (χ3v) is 4.06. The van der Waals surface area contributed by atoms with Gasteiger partial charge in [0.2, 0.25) is 5.13 Å². The number of nitrogens with one attached hydrogen (secondary N) is 1. The molecule has 2 rings (SSSR count). The lowest BCUT2D eigenvalue weighted by Crippen LogP contribution is -1.98. The number of hydrogen-bond acceptors (Lipinski definition) is 6. The van der Waals surface area contributed by atoms with Crippen LogP contribution in [0, 0.1) is 0 Å². The Morgan fingerprint density at radius 2 is 2.35 bits per heavy atom. The van der Waals surface area contributed by atoms with E-state index in [0.717, 1.165) is 33.8 Å². The van der Waals surface area contributed by atoms with Crippen LogP contribution >= 0.6 is 23.1 Å². The molecule has 7 heteroatoms. The normalized spacial score (nSPS) is 10.7. The maximum absolute atomic E-state index is 4.15. The van der Waals surface area contributed by atoms with Gasteiger partial charge in [-0.25, -0.2) is 0 Å². The summed E-state index contributed by atoms with van der Waals surface area (Å²) in [6.45, 7) is 3.08. The average Bonchev–Trinajstić information content (AvgIpc) is 2.93. The van der Waals surface area contributed by atoms with Gasteiger partial charge in [-0.3, -0.25) is 4.68 Å². The fourth-order valence-electron chi connectivity index (χ4n) is 1.23. The Morgan fingerprint density at radius 3 is 3.06 bits per heavy atom. The first-order chi connectivity index (χ1) is 8.28. The number of aromatic nitrogens is 4. The summed E-state index contributed by atoms with van der Waals surface area (Å²) in [6.07, 6.45) is 4.96. The van der Waals surface area contributed by atoms with Crippen molar-refractivity contribution in [1.82, 2.24) is 20.0 Å². The van der Waals surface area contributed by atoms with Crippen molar-refractivity contribution in [3.63, 3.8) is 0 Å². The van der Waals surface area contributed by atoms with E-state index in [2.05, 4.69) is 27.5 Å². The minimum absolute atomic E-state index is 0.844. The highest BCUT2D eigenvalue weighted by Gasteiger charge is 2.05. The van der Waals surface area contributed by atoms with Gasteiger partial charge in [-0.1, -0.05) is 18.3 Å². The van der Waals surface area contributed by atoms with Gasteiger partial charge in [0.15, 0.2) is 0 Å². The molecular weight excluding hydrogens is 254 g/mol. The van der Waals surface area contributed by atoms with E-state index in [1.165, 1.54) is 0 Å². The van der Waals surface area contributed by atoms with Crippen LogP contribution in [0.2, 0.25) is 0 Å². The summed E-state index contributed by atoms with van der Waals surface area (Å²) in [5.74, 6) is 0.844. The predicted molar refractivity (Wildman–Crippen MR) is 71.5 cm³/mol. The molecule has 0 radical (unpaired) electrons. The molecule has 0 bridgehead atoms. The molecule has 2 aromatic heterocycles. The summed E-state index contributed by atoms with van der Waals surface area (Å²) < 4.78 is 1.80. The second-order valence-electron chi connectivity index (χ2n) is 3.57. The first-order valence-corrected chi connectivity index (χ1v) is 7.26. The number of nitrogens with zero attached hydrogens (tertiary/aromatic N) is 4. The van der Waals surface area contributed by atoms with Crippen LogP contribution in [0.25, 0.3) is 0 Å². The molecule has 0 aliphatic carbocycles. The molecule has 0 aliphatic heterocycles. The fraction of sp³-hybridized carbons (Fsp3) is 0.500. The van der Waals surface area contributed by atoms with Crippen molar-refractivity contribution in [3.8, 4) is 0 Å². The van der Waals surface area contributed by atoms with E-state index < -0.39 is 0 Å². The van der Waals surface area contributed by atoms with Crippen molar-refractivity contribution in [1.29, 1.82) is 0 Å². The minimum atomic E-state index is 0.844. The van der Waals surface area contributed by atoms with E-state index in [9.17, 15) is 0 Å². The van der Waals surface area contributed by atoms with Gasteiger partial charge in [-0.05, 0) is 6.42 Å². The zero-order chi connectivity index (χ0) is 12.1. The molecule has 0 fully saturated rings. The monoisotopic (exact) mass is 269 g/mol. The number of anilines is 1. The zero-order valence-electron chi connectivity index (χ0n) is 9.88. The maximum atomic E-state index is 4.15. The number of thioether (sulfide) groups is 1. The third-order valence-electron chi connectivity index (χ3n) is 2.04. The summed E-state index contributed by atoms with van der Waals surface area (Å²) in [5, 5.41) is 17.6. The van der Waals surface area contributed by atoms with E-state index in [4.69, 9.17) is 0 Å². The predicted octanol–water partition coefficient (Wildman–Crippen LogP) is 2.39. The van der Waals surface area contributed by atoms with E-state index in [1.54, 1.807) is 27.8 Å². The zero-order valence-corrected chi connectivity index (χ0v) is 11.5. The van der Waals surface area contributed by atoms with Crippen LogP contribution in [0.3, 0.4) is 0 Å². The van der Waals surface area contributed by atoms with Gasteiger partial charge in [0.05, 0.1) is 11.9 Å². The van der Waals surface area contributed by atoms with Gasteiger partial charge >= 0.3 is 0 Å². The van der Waals surface area contributed by atoms with Crippen molar-refractivity contribution in [3.05, 3.63) is 17.4 Å². The maximum Gasteiger partial charge on any atom is 0.205 e. The molecule has 0 saturated carbocycles. The average molecular weight is 269 g/mol. The van der Waals surface area contributed by atoms with Crippen LogP contribution in [0.15, 0.2) is 17.3 Å². The molecule has 92 valence electrons. The first-order valence-electron chi connectivity index (χ1n) is 5.45. The van der Waals surface area contributed by atoms with Crippen LogP contribution in [0.4, 0.5) is 5.13 Å². The molecule has 0 saturated heterocycles. The highest BCUT2D eigenvalue weighted by molar-refractivity contribution is 7.98. The van der Waals surface area contributed by atoms with E-state index >= 15 is 0 Å². The Kier molecular flexibility index (Phi) is 4.38. The standard InChI is InChI=1S/C10H15N5S2/c1-3-4-11-10-14-13-9(17-10)7-16-8-5-12-15(2)6-8/h5-6H,3-4,7H2,1-2H3,(H,11,14). The van der Waals surface area contributed by atoms with E-state index in [-0.39, 0.29) is 0 Å². The first kappa shape index (κ1) is 12.4. The van der Waals surface area contributed by atoms with E-state index in [1.807, 2.05) is 19.4 Å². The molecule has 2 aromatic rings. The molecule has 0 aromatic carbocycles. The van der Waals surface area contributed by atoms with E-state index in [0.29, 0.717) is 0 Å². The smallest absolute Gasteiger partial charge is 0.205 e. The molecule has 2 heterocycles. The molecule has 1 N–H and O–H groups in total. The van der Waals surface area contributed by atoms with Crippen LogP contribution in [0.1, 0.15) is 18.4 Å². The summed E-state index contributed by atoms with van der Waals surface area (Å²) in [7, 11) is 1.92. The second kappa shape index (κ2) is 6.02. The molecule has 0 spiro atoms. The Bertz CT molecular complexity index is 465. The van der Waals surface area contributed by atoms with Crippen molar-refractivity contribution in [2.24, 2.45) is 7.05 Å². The Balaban J connectivity index is 1.84. The van der Waals surface area contributed by atoms with Gasteiger partial charge in [-0.15, -0.1) is 22.0 Å². The molecule has 0 unspecified atom stereocenters. The van der Waals surface area contributed by atoms with Crippen LogP contribution in [0.5, 0.6) is 0 Å². The topological polar surface area (TPSA) is 55.6 Å². The highest BCUT2D eigenvalue weighted by Crippen LogP contribution is 2.25. The Morgan fingerprint density at radius 1 is 1.47 bits per heavy atom. The van der Waals surface area contributed by atoms with Gasteiger partial charge in [0.1, 0.15) is 5.01 Å². The highest BCUT2D eigenvalue weighted by atomic mass is 32.2. The van der Waals surface area contributed by atoms with Crippen molar-refractivity contribution < 1.29 is 0 Å². The van der Waals surface area contributed by atoms with Crippen molar-refractivity contribution in [2.45, 2.75) is 24.0 Å². The second-order valence-corrected chi connectivity index (χ2v) is 5.68. The van der Waals surface area contributed by atoms with Gasteiger partial charge in [0, 0.05) is 24.7 Å². The molecule has 0 atom stereocenters. The van der Waals surface area contributed by atoms with Crippen LogP contribution < -0.4 is 5.32 Å². The molecule has 0 aliphatic rings. The van der Waals surface area contributed by atoms with Gasteiger partial charge in [-0.2, -0.15) is 5.10 Å². The van der Waals surface area contributed by atoms with Crippen LogP contribution in [-0.4, -0.2) is 26.5 Å².